The molecule has 1 amide bonds. The summed E-state index contributed by atoms with van der Waals surface area (Å²) >= 11 is 0. The number of hydrogen-bond acceptors (Lipinski definition) is 5. The Labute approximate surface area is 182 Å². The normalized spacial score (nSPS) is 19.2. The quantitative estimate of drug-likeness (QED) is 0.611. The smallest absolute Gasteiger partial charge is 0.378 e. The van der Waals surface area contributed by atoms with E-state index in [0.29, 0.717) is 46.8 Å². The van der Waals surface area contributed by atoms with Gasteiger partial charge in [-0.1, -0.05) is 0 Å². The summed E-state index contributed by atoms with van der Waals surface area (Å²) in [5, 5.41) is 10.1. The number of benzene rings is 1. The average molecular weight is 445 g/mol. The highest BCUT2D eigenvalue weighted by Crippen LogP contribution is 2.34. The minimum Gasteiger partial charge on any atom is -0.378 e. The van der Waals surface area contributed by atoms with Crippen molar-refractivity contribution in [3.05, 3.63) is 35.8 Å². The molecule has 10 heteroatoms. The van der Waals surface area contributed by atoms with Crippen LogP contribution < -0.4 is 0 Å². The van der Waals surface area contributed by atoms with Gasteiger partial charge >= 0.3 is 6.18 Å². The number of ether oxygens (including phenoxy) is 1. The number of carbonyl (C=O) groups excluding carboxylic acids is 1. The molecule has 1 aliphatic rings. The van der Waals surface area contributed by atoms with Gasteiger partial charge in [0.05, 0.1) is 41.4 Å². The van der Waals surface area contributed by atoms with E-state index < -0.39 is 18.6 Å². The van der Waals surface area contributed by atoms with Crippen molar-refractivity contribution in [1.29, 1.82) is 5.26 Å². The van der Waals surface area contributed by atoms with Crippen LogP contribution in [0.1, 0.15) is 37.2 Å². The van der Waals surface area contributed by atoms with Gasteiger partial charge in [-0.3, -0.25) is 9.78 Å². The third-order valence-corrected chi connectivity index (χ3v) is 5.69. The molecule has 3 aromatic rings. The van der Waals surface area contributed by atoms with Gasteiger partial charge in [0.15, 0.2) is 0 Å². The van der Waals surface area contributed by atoms with E-state index in [2.05, 4.69) is 16.0 Å². The molecule has 4 rings (SSSR count). The molecule has 168 valence electrons. The third kappa shape index (κ3) is 4.39. The lowest BCUT2D eigenvalue weighted by Gasteiger charge is -2.30. The Morgan fingerprint density at radius 2 is 2.16 bits per heavy atom. The number of nitriles is 1. The molecule has 2 aromatic heterocycles. The van der Waals surface area contributed by atoms with Crippen LogP contribution in [0.2, 0.25) is 0 Å². The van der Waals surface area contributed by atoms with E-state index in [4.69, 9.17) is 4.74 Å². The summed E-state index contributed by atoms with van der Waals surface area (Å²) in [5.74, 6) is -0.288. The lowest BCUT2D eigenvalue weighted by Crippen LogP contribution is -2.37. The van der Waals surface area contributed by atoms with Gasteiger partial charge in [0.1, 0.15) is 17.9 Å². The summed E-state index contributed by atoms with van der Waals surface area (Å²) in [6.45, 7) is 1.16. The van der Waals surface area contributed by atoms with Crippen LogP contribution >= 0.6 is 0 Å². The molecule has 1 aliphatic heterocycles. The van der Waals surface area contributed by atoms with Crippen molar-refractivity contribution in [3.63, 3.8) is 0 Å². The second kappa shape index (κ2) is 8.39. The number of carbonyl (C=O) groups is 1. The number of imidazole rings is 1. The summed E-state index contributed by atoms with van der Waals surface area (Å²) in [4.78, 5) is 22.3. The minimum absolute atomic E-state index is 0.00887. The van der Waals surface area contributed by atoms with Crippen molar-refractivity contribution in [2.75, 3.05) is 20.2 Å². The van der Waals surface area contributed by atoms with E-state index in [-0.39, 0.29) is 18.6 Å². The fraction of sp³-hybridized carbons (Fsp3) is 0.455. The summed E-state index contributed by atoms with van der Waals surface area (Å²) < 4.78 is 45.9. The minimum atomic E-state index is -4.48. The van der Waals surface area contributed by atoms with Crippen LogP contribution in [0, 0.1) is 11.3 Å². The molecule has 0 radical (unpaired) electrons. The molecule has 7 nitrogen and oxygen atoms in total. The molecule has 0 saturated carbocycles. The SMILES string of the molecule is CC1CC(n2c(CC(=O)N(C)CC(F)(F)F)nc3cnc4ccc(C#N)cc4c32)CCO1. The second-order valence-corrected chi connectivity index (χ2v) is 8.14. The monoisotopic (exact) mass is 445 g/mol. The van der Waals surface area contributed by atoms with E-state index in [0.717, 1.165) is 18.0 Å². The number of halogens is 3. The van der Waals surface area contributed by atoms with Crippen LogP contribution in [0.5, 0.6) is 0 Å². The van der Waals surface area contributed by atoms with Crippen LogP contribution in [0.25, 0.3) is 21.9 Å². The summed E-state index contributed by atoms with van der Waals surface area (Å²) in [6.07, 6.45) is -1.81. The highest BCUT2D eigenvalue weighted by molar-refractivity contribution is 6.03. The average Bonchev–Trinajstić information content (AvgIpc) is 3.10. The lowest BCUT2D eigenvalue weighted by molar-refractivity contribution is -0.158. The molecule has 1 fully saturated rings. The first kappa shape index (κ1) is 22.0. The van der Waals surface area contributed by atoms with E-state index in [1.54, 1.807) is 24.4 Å². The van der Waals surface area contributed by atoms with Gasteiger partial charge in [-0.2, -0.15) is 18.4 Å². The first-order chi connectivity index (χ1) is 15.2. The molecular formula is C22H22F3N5O2. The van der Waals surface area contributed by atoms with Crippen LogP contribution in [0.15, 0.2) is 24.4 Å². The van der Waals surface area contributed by atoms with Gasteiger partial charge in [-0.25, -0.2) is 4.98 Å². The van der Waals surface area contributed by atoms with E-state index in [9.17, 15) is 23.2 Å². The number of pyridine rings is 1. The van der Waals surface area contributed by atoms with E-state index in [1.807, 2.05) is 11.5 Å². The maximum Gasteiger partial charge on any atom is 0.406 e. The summed E-state index contributed by atoms with van der Waals surface area (Å²) in [5.41, 5.74) is 2.40. The molecule has 0 bridgehead atoms. The van der Waals surface area contributed by atoms with Crippen molar-refractivity contribution < 1.29 is 22.7 Å². The Balaban J connectivity index is 1.85. The number of nitrogens with zero attached hydrogens (tertiary/aromatic N) is 5. The summed E-state index contributed by atoms with van der Waals surface area (Å²) in [7, 11) is 1.13. The zero-order chi connectivity index (χ0) is 23.0. The molecule has 3 heterocycles. The molecule has 2 atom stereocenters. The number of rotatable bonds is 4. The Hall–Kier alpha value is -3.19. The van der Waals surface area contributed by atoms with Crippen LogP contribution in [-0.2, 0) is 16.0 Å². The summed E-state index contributed by atoms with van der Waals surface area (Å²) in [6, 6.07) is 7.23. The van der Waals surface area contributed by atoms with Crippen LogP contribution in [0.3, 0.4) is 0 Å². The molecule has 1 aromatic carbocycles. The van der Waals surface area contributed by atoms with E-state index >= 15 is 0 Å². The van der Waals surface area contributed by atoms with Crippen LogP contribution in [-0.4, -0.2) is 57.8 Å². The number of fused-ring (bicyclic) bond motifs is 3. The van der Waals surface area contributed by atoms with Gasteiger partial charge in [0, 0.05) is 25.1 Å². The maximum absolute atomic E-state index is 12.8. The number of amides is 1. The van der Waals surface area contributed by atoms with Crippen molar-refractivity contribution >= 4 is 27.8 Å². The predicted molar refractivity (Wildman–Crippen MR) is 111 cm³/mol. The molecule has 32 heavy (non-hydrogen) atoms. The molecule has 1 saturated heterocycles. The largest absolute Gasteiger partial charge is 0.406 e. The first-order valence-electron chi connectivity index (χ1n) is 10.3. The van der Waals surface area contributed by atoms with Gasteiger partial charge in [0.25, 0.3) is 0 Å². The number of hydrogen-bond donors (Lipinski definition) is 0. The molecule has 0 spiro atoms. The maximum atomic E-state index is 12.8. The zero-order valence-corrected chi connectivity index (χ0v) is 17.7. The van der Waals surface area contributed by atoms with Gasteiger partial charge < -0.3 is 14.2 Å². The fourth-order valence-corrected chi connectivity index (χ4v) is 4.25. The molecular weight excluding hydrogens is 423 g/mol. The molecule has 0 aliphatic carbocycles. The lowest BCUT2D eigenvalue weighted by atomic mass is 10.0. The van der Waals surface area contributed by atoms with Crippen molar-refractivity contribution in [3.8, 4) is 6.07 Å². The van der Waals surface area contributed by atoms with Gasteiger partial charge in [-0.05, 0) is 38.0 Å². The highest BCUT2D eigenvalue weighted by Gasteiger charge is 2.32. The molecule has 0 N–H and O–H groups in total. The van der Waals surface area contributed by atoms with E-state index in [1.165, 1.54) is 0 Å². The van der Waals surface area contributed by atoms with Crippen molar-refractivity contribution in [2.24, 2.45) is 0 Å². The van der Waals surface area contributed by atoms with Crippen molar-refractivity contribution in [2.45, 2.75) is 44.5 Å². The Bertz CT molecular complexity index is 1210. The topological polar surface area (TPSA) is 84.0 Å². The van der Waals surface area contributed by atoms with Gasteiger partial charge in [0.2, 0.25) is 5.91 Å². The first-order valence-corrected chi connectivity index (χ1v) is 10.3. The zero-order valence-electron chi connectivity index (χ0n) is 17.7. The number of likely N-dealkylation sites (N-methyl/N-ethyl adjacent to an activating group) is 1. The Kier molecular flexibility index (Phi) is 5.77. The van der Waals surface area contributed by atoms with Gasteiger partial charge in [-0.15, -0.1) is 0 Å². The fourth-order valence-electron chi connectivity index (χ4n) is 4.25. The number of aromatic nitrogens is 3. The Morgan fingerprint density at radius 1 is 1.38 bits per heavy atom. The molecule has 2 unspecified atom stereocenters. The Morgan fingerprint density at radius 3 is 2.84 bits per heavy atom. The van der Waals surface area contributed by atoms with Crippen molar-refractivity contribution in [1.82, 2.24) is 19.4 Å². The number of alkyl halides is 3. The highest BCUT2D eigenvalue weighted by atomic mass is 19.4. The third-order valence-electron chi connectivity index (χ3n) is 5.69. The predicted octanol–water partition coefficient (Wildman–Crippen LogP) is 3.76. The second-order valence-electron chi connectivity index (χ2n) is 8.14. The standard InChI is InChI=1S/C22H22F3N5O2/c1-13-7-15(5-6-32-13)30-19(9-20(31)29(2)12-22(23,24)25)28-18-11-27-17-4-3-14(10-26)8-16(17)21(18)30/h3-4,8,11,13,15H,5-7,9,12H2,1-2H3. The van der Waals surface area contributed by atoms with Crippen LogP contribution in [0.4, 0.5) is 13.2 Å².